The third-order valence-corrected chi connectivity index (χ3v) is 6.83. The monoisotopic (exact) mass is 403 g/mol. The molecule has 3 fully saturated rings. The van der Waals surface area contributed by atoms with Gasteiger partial charge in [-0.1, -0.05) is 0 Å². The standard InChI is InChI=1S/C21H37N7O/c1-22-20(23-17-21(7-12-29-13-8-21)28-10-3-4-11-28)25-18-6-5-9-27(15-18)19-14-24-26(2)16-19/h14,16,18H,3-13,15,17H2,1-2H3,(H2,22,23,25). The number of nitrogens with zero attached hydrogens (tertiary/aromatic N) is 5. The van der Waals surface area contributed by atoms with E-state index in [0.717, 1.165) is 51.6 Å². The first-order valence-electron chi connectivity index (χ1n) is 11.2. The molecule has 0 radical (unpaired) electrons. The Balaban J connectivity index is 1.34. The fraction of sp³-hybridized carbons (Fsp3) is 0.810. The summed E-state index contributed by atoms with van der Waals surface area (Å²) >= 11 is 0. The van der Waals surface area contributed by atoms with Gasteiger partial charge in [0.25, 0.3) is 0 Å². The fourth-order valence-electron chi connectivity index (χ4n) is 5.08. The molecule has 3 aliphatic heterocycles. The average Bonchev–Trinajstić information content (AvgIpc) is 3.44. The Kier molecular flexibility index (Phi) is 6.60. The van der Waals surface area contributed by atoms with Gasteiger partial charge in [-0.3, -0.25) is 14.6 Å². The number of rotatable bonds is 5. The van der Waals surface area contributed by atoms with Crippen molar-refractivity contribution in [2.75, 3.05) is 57.9 Å². The van der Waals surface area contributed by atoms with Crippen molar-refractivity contribution in [1.29, 1.82) is 0 Å². The molecule has 3 aliphatic rings. The Morgan fingerprint density at radius 3 is 2.72 bits per heavy atom. The highest BCUT2D eigenvalue weighted by molar-refractivity contribution is 5.80. The van der Waals surface area contributed by atoms with Gasteiger partial charge in [0.05, 0.1) is 11.9 Å². The van der Waals surface area contributed by atoms with Gasteiger partial charge in [-0.15, -0.1) is 0 Å². The predicted molar refractivity (Wildman–Crippen MR) is 117 cm³/mol. The number of aliphatic imine (C=N–C) groups is 1. The summed E-state index contributed by atoms with van der Waals surface area (Å²) < 4.78 is 7.56. The highest BCUT2D eigenvalue weighted by Gasteiger charge is 2.39. The van der Waals surface area contributed by atoms with Crippen LogP contribution in [0.4, 0.5) is 5.69 Å². The number of hydrogen-bond donors (Lipinski definition) is 2. The zero-order chi connectivity index (χ0) is 20.1. The average molecular weight is 404 g/mol. The van der Waals surface area contributed by atoms with Crippen LogP contribution in [-0.4, -0.2) is 85.2 Å². The first-order valence-corrected chi connectivity index (χ1v) is 11.2. The first-order chi connectivity index (χ1) is 14.2. The molecule has 0 aromatic carbocycles. The van der Waals surface area contributed by atoms with Crippen LogP contribution in [0.25, 0.3) is 0 Å². The Labute approximate surface area is 174 Å². The summed E-state index contributed by atoms with van der Waals surface area (Å²) in [6.45, 7) is 7.19. The van der Waals surface area contributed by atoms with Gasteiger partial charge in [0.2, 0.25) is 0 Å². The van der Waals surface area contributed by atoms with E-state index in [2.05, 4.69) is 36.7 Å². The molecule has 1 unspecified atom stereocenters. The lowest BCUT2D eigenvalue weighted by molar-refractivity contribution is -0.0164. The van der Waals surface area contributed by atoms with Gasteiger partial charge in [-0.05, 0) is 51.6 Å². The van der Waals surface area contributed by atoms with E-state index >= 15 is 0 Å². The van der Waals surface area contributed by atoms with E-state index < -0.39 is 0 Å². The van der Waals surface area contributed by atoms with Crippen LogP contribution in [0.2, 0.25) is 0 Å². The smallest absolute Gasteiger partial charge is 0.191 e. The molecular weight excluding hydrogens is 366 g/mol. The maximum Gasteiger partial charge on any atom is 0.191 e. The summed E-state index contributed by atoms with van der Waals surface area (Å²) in [4.78, 5) is 9.65. The Morgan fingerprint density at radius 2 is 2.03 bits per heavy atom. The van der Waals surface area contributed by atoms with Crippen LogP contribution in [0.15, 0.2) is 17.4 Å². The molecule has 1 aromatic heterocycles. The summed E-state index contributed by atoms with van der Waals surface area (Å²) in [6.07, 6.45) is 11.3. The van der Waals surface area contributed by atoms with E-state index in [1.807, 2.05) is 25.0 Å². The number of ether oxygens (including phenoxy) is 1. The minimum absolute atomic E-state index is 0.209. The van der Waals surface area contributed by atoms with Crippen molar-refractivity contribution in [3.8, 4) is 0 Å². The lowest BCUT2D eigenvalue weighted by atomic mass is 9.88. The lowest BCUT2D eigenvalue weighted by Gasteiger charge is -2.45. The summed E-state index contributed by atoms with van der Waals surface area (Å²) in [5.74, 6) is 0.924. The van der Waals surface area contributed by atoms with E-state index in [-0.39, 0.29) is 5.54 Å². The predicted octanol–water partition coefficient (Wildman–Crippen LogP) is 1.20. The highest BCUT2D eigenvalue weighted by Crippen LogP contribution is 2.30. The van der Waals surface area contributed by atoms with Gasteiger partial charge in [-0.2, -0.15) is 5.10 Å². The van der Waals surface area contributed by atoms with E-state index in [9.17, 15) is 0 Å². The van der Waals surface area contributed by atoms with Crippen molar-refractivity contribution in [1.82, 2.24) is 25.3 Å². The largest absolute Gasteiger partial charge is 0.381 e. The molecule has 4 heterocycles. The third-order valence-electron chi connectivity index (χ3n) is 6.83. The van der Waals surface area contributed by atoms with Crippen LogP contribution < -0.4 is 15.5 Å². The van der Waals surface area contributed by atoms with Gasteiger partial charge in [-0.25, -0.2) is 0 Å². The molecular formula is C21H37N7O. The number of piperidine rings is 1. The maximum atomic E-state index is 5.68. The quantitative estimate of drug-likeness (QED) is 0.569. The van der Waals surface area contributed by atoms with Gasteiger partial charge < -0.3 is 20.3 Å². The summed E-state index contributed by atoms with van der Waals surface area (Å²) in [5.41, 5.74) is 1.41. The first kappa shape index (κ1) is 20.5. The molecule has 0 amide bonds. The number of likely N-dealkylation sites (tertiary alicyclic amines) is 1. The molecule has 4 rings (SSSR count). The van der Waals surface area contributed by atoms with Crippen molar-refractivity contribution >= 4 is 11.6 Å². The van der Waals surface area contributed by atoms with E-state index in [0.29, 0.717) is 6.04 Å². The third kappa shape index (κ3) is 4.86. The molecule has 0 bridgehead atoms. The van der Waals surface area contributed by atoms with Gasteiger partial charge in [0, 0.05) is 64.7 Å². The molecule has 29 heavy (non-hydrogen) atoms. The number of nitrogens with one attached hydrogen (secondary N) is 2. The highest BCUT2D eigenvalue weighted by atomic mass is 16.5. The number of guanidine groups is 1. The molecule has 0 aliphatic carbocycles. The number of anilines is 1. The molecule has 1 atom stereocenters. The summed E-state index contributed by atoms with van der Waals surface area (Å²) in [6, 6.07) is 0.396. The van der Waals surface area contributed by atoms with Crippen LogP contribution in [0.5, 0.6) is 0 Å². The van der Waals surface area contributed by atoms with Crippen LogP contribution in [-0.2, 0) is 11.8 Å². The zero-order valence-corrected chi connectivity index (χ0v) is 18.1. The van der Waals surface area contributed by atoms with Gasteiger partial charge in [0.15, 0.2) is 5.96 Å². The maximum absolute atomic E-state index is 5.68. The second-order valence-electron chi connectivity index (χ2n) is 8.76. The van der Waals surface area contributed by atoms with Crippen LogP contribution in [0, 0.1) is 0 Å². The molecule has 2 N–H and O–H groups in total. The van der Waals surface area contributed by atoms with Crippen molar-refractivity contribution in [3.63, 3.8) is 0 Å². The lowest BCUT2D eigenvalue weighted by Crippen LogP contribution is -2.59. The van der Waals surface area contributed by atoms with Crippen molar-refractivity contribution < 1.29 is 4.74 Å². The molecule has 162 valence electrons. The summed E-state index contributed by atoms with van der Waals surface area (Å²) in [7, 11) is 3.85. The minimum Gasteiger partial charge on any atom is -0.381 e. The zero-order valence-electron chi connectivity index (χ0n) is 18.1. The molecule has 8 heteroatoms. The normalized spacial score (nSPS) is 25.9. The second-order valence-corrected chi connectivity index (χ2v) is 8.76. The van der Waals surface area contributed by atoms with Crippen LogP contribution >= 0.6 is 0 Å². The summed E-state index contributed by atoms with van der Waals surface area (Å²) in [5, 5.41) is 11.7. The minimum atomic E-state index is 0.209. The van der Waals surface area contributed by atoms with E-state index in [1.54, 1.807) is 0 Å². The van der Waals surface area contributed by atoms with Crippen molar-refractivity contribution in [2.45, 2.75) is 50.1 Å². The number of aromatic nitrogens is 2. The number of aryl methyl sites for hydroxylation is 1. The second kappa shape index (κ2) is 9.34. The fourth-order valence-corrected chi connectivity index (χ4v) is 5.08. The molecule has 0 saturated carbocycles. The van der Waals surface area contributed by atoms with Crippen molar-refractivity contribution in [3.05, 3.63) is 12.4 Å². The topological polar surface area (TPSA) is 70.0 Å². The van der Waals surface area contributed by atoms with E-state index in [4.69, 9.17) is 4.74 Å². The number of hydrogen-bond acceptors (Lipinski definition) is 5. The van der Waals surface area contributed by atoms with Gasteiger partial charge >= 0.3 is 0 Å². The molecule has 8 nitrogen and oxygen atoms in total. The molecule has 3 saturated heterocycles. The van der Waals surface area contributed by atoms with Crippen molar-refractivity contribution in [2.24, 2.45) is 12.0 Å². The van der Waals surface area contributed by atoms with E-state index in [1.165, 1.54) is 44.5 Å². The van der Waals surface area contributed by atoms with Crippen LogP contribution in [0.3, 0.4) is 0 Å². The van der Waals surface area contributed by atoms with Crippen LogP contribution in [0.1, 0.15) is 38.5 Å². The Bertz CT molecular complexity index is 676. The SMILES string of the molecule is CN=C(NCC1(N2CCCC2)CCOCC1)NC1CCCN(c2cnn(C)c2)C1. The molecule has 1 aromatic rings. The molecule has 0 spiro atoms. The Morgan fingerprint density at radius 1 is 1.24 bits per heavy atom. The Hall–Kier alpha value is -1.80. The van der Waals surface area contributed by atoms with Gasteiger partial charge in [0.1, 0.15) is 0 Å².